The number of benzene rings is 3. The van der Waals surface area contributed by atoms with Crippen molar-refractivity contribution in [1.82, 2.24) is 15.5 Å². The quantitative estimate of drug-likeness (QED) is 0.244. The van der Waals surface area contributed by atoms with Crippen LogP contribution in [-0.2, 0) is 29.1 Å². The fourth-order valence-electron chi connectivity index (χ4n) is 5.02. The molecule has 1 fully saturated rings. The first-order chi connectivity index (χ1) is 22.8. The summed E-state index contributed by atoms with van der Waals surface area (Å²) in [4.78, 5) is 44.9. The number of carbonyl (C=O) groups excluding carboxylic acids is 2. The number of carboxylic acid groups (broad SMARTS) is 2. The molecule has 16 heteroatoms. The molecule has 5 rings (SSSR count). The molecule has 2 aliphatic rings. The van der Waals surface area contributed by atoms with Gasteiger partial charge >= 0.3 is 24.3 Å². The summed E-state index contributed by atoms with van der Waals surface area (Å²) >= 11 is 0. The molecule has 4 N–H and O–H groups in total. The SMILES string of the molecule is C[C@H]1CN(Cc2cccc(-c3cc(CNC(=O)c4ccc5c(c4)C(=O)CC5)ccc3F)c2)CCN1.O=C(O)C(F)(F)F.O=C(O)C(F)(F)F. The first-order valence-corrected chi connectivity index (χ1v) is 14.7. The Kier molecular flexibility index (Phi) is 13.0. The highest BCUT2D eigenvalue weighted by Crippen LogP contribution is 2.26. The normalized spacial score (nSPS) is 16.0. The van der Waals surface area contributed by atoms with Crippen molar-refractivity contribution >= 4 is 23.6 Å². The Balaban J connectivity index is 0.000000392. The lowest BCUT2D eigenvalue weighted by atomic mass is 10.00. The van der Waals surface area contributed by atoms with Crippen LogP contribution in [0.1, 0.15) is 50.8 Å². The zero-order chi connectivity index (χ0) is 36.5. The Labute approximate surface area is 275 Å². The number of rotatable bonds is 6. The highest BCUT2D eigenvalue weighted by atomic mass is 19.4. The summed E-state index contributed by atoms with van der Waals surface area (Å²) < 4.78 is 78.3. The highest BCUT2D eigenvalue weighted by molar-refractivity contribution is 6.03. The molecule has 1 heterocycles. The number of carboxylic acids is 2. The fourth-order valence-corrected chi connectivity index (χ4v) is 5.02. The molecule has 0 unspecified atom stereocenters. The number of nitrogens with zero attached hydrogens (tertiary/aromatic N) is 1. The molecule has 1 saturated heterocycles. The van der Waals surface area contributed by atoms with Crippen LogP contribution in [-0.4, -0.2) is 76.8 Å². The number of amides is 1. The molecule has 1 aliphatic carbocycles. The molecule has 0 bridgehead atoms. The van der Waals surface area contributed by atoms with Gasteiger partial charge in [-0.1, -0.05) is 30.3 Å². The van der Waals surface area contributed by atoms with E-state index in [2.05, 4.69) is 34.6 Å². The number of fused-ring (bicyclic) bond motifs is 1. The first kappa shape index (κ1) is 38.6. The van der Waals surface area contributed by atoms with Gasteiger partial charge in [-0.3, -0.25) is 14.5 Å². The van der Waals surface area contributed by atoms with E-state index in [1.165, 1.54) is 6.07 Å². The van der Waals surface area contributed by atoms with Gasteiger partial charge in [0.05, 0.1) is 0 Å². The number of nitrogens with one attached hydrogen (secondary N) is 2. The summed E-state index contributed by atoms with van der Waals surface area (Å²) in [5.74, 6) is -5.96. The van der Waals surface area contributed by atoms with Crippen molar-refractivity contribution in [2.75, 3.05) is 19.6 Å². The van der Waals surface area contributed by atoms with E-state index in [0.29, 0.717) is 29.2 Å². The summed E-state index contributed by atoms with van der Waals surface area (Å²) in [6.07, 6.45) is -8.92. The number of ketones is 1. The Hall–Kier alpha value is -4.83. The summed E-state index contributed by atoms with van der Waals surface area (Å²) in [6, 6.07) is 18.7. The second-order valence-corrected chi connectivity index (χ2v) is 11.2. The van der Waals surface area contributed by atoms with E-state index < -0.39 is 24.3 Å². The summed E-state index contributed by atoms with van der Waals surface area (Å²) in [5, 5.41) is 20.6. The van der Waals surface area contributed by atoms with Crippen LogP contribution in [0.5, 0.6) is 0 Å². The second-order valence-electron chi connectivity index (χ2n) is 11.2. The van der Waals surface area contributed by atoms with Gasteiger partial charge in [0.25, 0.3) is 5.91 Å². The minimum absolute atomic E-state index is 0.0894. The molecule has 1 amide bonds. The predicted molar refractivity (Wildman–Crippen MR) is 162 cm³/mol. The van der Waals surface area contributed by atoms with Crippen molar-refractivity contribution in [2.24, 2.45) is 0 Å². The average Bonchev–Trinajstić information content (AvgIpc) is 3.40. The van der Waals surface area contributed by atoms with E-state index in [9.17, 15) is 40.3 Å². The molecule has 0 radical (unpaired) electrons. The lowest BCUT2D eigenvalue weighted by molar-refractivity contribution is -0.193. The van der Waals surface area contributed by atoms with Crippen molar-refractivity contribution in [3.05, 3.63) is 94.3 Å². The lowest BCUT2D eigenvalue weighted by Crippen LogP contribution is -2.48. The Morgan fingerprint density at radius 2 is 1.53 bits per heavy atom. The molecule has 9 nitrogen and oxygen atoms in total. The number of hydrogen-bond donors (Lipinski definition) is 4. The van der Waals surface area contributed by atoms with Crippen LogP contribution < -0.4 is 10.6 Å². The van der Waals surface area contributed by atoms with E-state index in [-0.39, 0.29) is 24.1 Å². The van der Waals surface area contributed by atoms with Crippen LogP contribution in [0.2, 0.25) is 0 Å². The maximum absolute atomic E-state index is 14.8. The Morgan fingerprint density at radius 3 is 2.14 bits per heavy atom. The van der Waals surface area contributed by atoms with Gasteiger partial charge in [-0.15, -0.1) is 0 Å². The van der Waals surface area contributed by atoms with Crippen LogP contribution in [0.15, 0.2) is 60.7 Å². The number of alkyl halides is 6. The predicted octanol–water partition coefficient (Wildman–Crippen LogP) is 5.61. The molecule has 0 aromatic heterocycles. The number of halogens is 7. The van der Waals surface area contributed by atoms with E-state index in [1.54, 1.807) is 24.3 Å². The summed E-state index contributed by atoms with van der Waals surface area (Å²) in [5.41, 5.74) is 5.44. The number of Topliss-reactive ketones (excluding diaryl/α,β-unsaturated/α-hetero) is 1. The number of aryl methyl sites for hydroxylation is 1. The molecule has 264 valence electrons. The smallest absolute Gasteiger partial charge is 0.475 e. The molecule has 3 aromatic rings. The molecular formula is C33H32F7N3O6. The second kappa shape index (κ2) is 16.5. The average molecular weight is 700 g/mol. The minimum Gasteiger partial charge on any atom is -0.475 e. The largest absolute Gasteiger partial charge is 0.490 e. The van der Waals surface area contributed by atoms with Gasteiger partial charge in [-0.05, 0) is 65.9 Å². The van der Waals surface area contributed by atoms with E-state index in [1.807, 2.05) is 18.2 Å². The van der Waals surface area contributed by atoms with Gasteiger partial charge in [-0.2, -0.15) is 26.3 Å². The topological polar surface area (TPSA) is 136 Å². The maximum atomic E-state index is 14.8. The summed E-state index contributed by atoms with van der Waals surface area (Å²) in [6.45, 7) is 6.26. The highest BCUT2D eigenvalue weighted by Gasteiger charge is 2.39. The van der Waals surface area contributed by atoms with Gasteiger partial charge in [0.1, 0.15) is 5.82 Å². The van der Waals surface area contributed by atoms with Crippen molar-refractivity contribution in [2.45, 2.75) is 51.2 Å². The molecule has 49 heavy (non-hydrogen) atoms. The Morgan fingerprint density at radius 1 is 0.878 bits per heavy atom. The van der Waals surface area contributed by atoms with E-state index >= 15 is 0 Å². The van der Waals surface area contributed by atoms with Crippen molar-refractivity contribution in [3.63, 3.8) is 0 Å². The molecule has 1 aliphatic heterocycles. The number of aliphatic carboxylic acids is 2. The van der Waals surface area contributed by atoms with Gasteiger partial charge in [0.2, 0.25) is 0 Å². The van der Waals surface area contributed by atoms with E-state index in [0.717, 1.165) is 54.9 Å². The van der Waals surface area contributed by atoms with Crippen LogP contribution in [0.4, 0.5) is 30.7 Å². The molecule has 3 aromatic carbocycles. The Bertz CT molecular complexity index is 1650. The van der Waals surface area contributed by atoms with E-state index in [4.69, 9.17) is 19.8 Å². The maximum Gasteiger partial charge on any atom is 0.490 e. The van der Waals surface area contributed by atoms with Gasteiger partial charge in [-0.25, -0.2) is 14.0 Å². The van der Waals surface area contributed by atoms with Crippen molar-refractivity contribution in [1.29, 1.82) is 0 Å². The first-order valence-electron chi connectivity index (χ1n) is 14.7. The van der Waals surface area contributed by atoms with Crippen LogP contribution in [0, 0.1) is 5.82 Å². The van der Waals surface area contributed by atoms with Gasteiger partial charge in [0, 0.05) is 61.9 Å². The van der Waals surface area contributed by atoms with Gasteiger partial charge in [0.15, 0.2) is 5.78 Å². The van der Waals surface area contributed by atoms with Crippen molar-refractivity contribution in [3.8, 4) is 11.1 Å². The summed E-state index contributed by atoms with van der Waals surface area (Å²) in [7, 11) is 0. The third-order valence-corrected chi connectivity index (χ3v) is 7.36. The third kappa shape index (κ3) is 11.7. The number of piperazine rings is 1. The van der Waals surface area contributed by atoms with Crippen LogP contribution in [0.25, 0.3) is 11.1 Å². The zero-order valence-corrected chi connectivity index (χ0v) is 25.9. The molecule has 0 saturated carbocycles. The number of hydrogen-bond acceptors (Lipinski definition) is 6. The molecule has 0 spiro atoms. The third-order valence-electron chi connectivity index (χ3n) is 7.36. The standard InChI is InChI=1S/C29H30FN3O2.2C2HF3O2/c1-19-17-33(12-11-31-19)18-21-3-2-4-23(13-21)25-14-20(5-9-27(25)30)16-32-29(35)24-7-6-22-8-10-28(34)26(22)15-24;2*3-2(4,5)1(6)7/h2-7,9,13-15,19,31H,8,10-12,16-18H2,1H3,(H,32,35);2*(H,6,7)/t19-;;/m0../s1. The zero-order valence-electron chi connectivity index (χ0n) is 25.9. The molecular weight excluding hydrogens is 667 g/mol. The van der Waals surface area contributed by atoms with Gasteiger partial charge < -0.3 is 20.8 Å². The minimum atomic E-state index is -5.08. The molecule has 1 atom stereocenters. The lowest BCUT2D eigenvalue weighted by Gasteiger charge is -2.31. The fraction of sp³-hybridized carbons (Fsp3) is 0.333. The van der Waals surface area contributed by atoms with Crippen LogP contribution >= 0.6 is 0 Å². The van der Waals surface area contributed by atoms with Crippen LogP contribution in [0.3, 0.4) is 0 Å². The van der Waals surface area contributed by atoms with Crippen molar-refractivity contribution < 1.29 is 60.1 Å². The monoisotopic (exact) mass is 699 g/mol. The number of carbonyl (C=O) groups is 4.